The van der Waals surface area contributed by atoms with Crippen LogP contribution in [0.15, 0.2) is 18.5 Å². The lowest BCUT2D eigenvalue weighted by molar-refractivity contribution is 0.564. The molecule has 0 aliphatic heterocycles. The fourth-order valence-electron chi connectivity index (χ4n) is 2.13. The minimum Gasteiger partial charge on any atom is -0.354 e. The Morgan fingerprint density at radius 3 is 2.69 bits per heavy atom. The van der Waals surface area contributed by atoms with Crippen LogP contribution in [0, 0.1) is 0 Å². The third-order valence-electron chi connectivity index (χ3n) is 3.20. The molecule has 92 valence electrons. The molecule has 1 N–H and O–H groups in total. The molecule has 0 bridgehead atoms. The maximum Gasteiger partial charge on any atom is 0.0329 e. The third-order valence-corrected chi connectivity index (χ3v) is 3.20. The van der Waals surface area contributed by atoms with Crippen molar-refractivity contribution < 1.29 is 0 Å². The van der Waals surface area contributed by atoms with Gasteiger partial charge in [-0.2, -0.15) is 0 Å². The van der Waals surface area contributed by atoms with Crippen molar-refractivity contribution in [3.63, 3.8) is 0 Å². The van der Waals surface area contributed by atoms with Gasteiger partial charge in [0.1, 0.15) is 0 Å². The first-order valence-corrected chi connectivity index (χ1v) is 6.64. The topological polar surface area (TPSA) is 17.0 Å². The molecule has 0 saturated heterocycles. The van der Waals surface area contributed by atoms with Gasteiger partial charge in [-0.05, 0) is 31.5 Å². The molecule has 0 saturated carbocycles. The van der Waals surface area contributed by atoms with Crippen LogP contribution >= 0.6 is 0 Å². The van der Waals surface area contributed by atoms with E-state index in [0.717, 1.165) is 6.42 Å². The van der Waals surface area contributed by atoms with Gasteiger partial charge in [0.15, 0.2) is 0 Å². The summed E-state index contributed by atoms with van der Waals surface area (Å²) in [5.74, 6) is 0. The molecule has 1 rings (SSSR count). The first kappa shape index (κ1) is 13.3. The van der Waals surface area contributed by atoms with E-state index in [1.165, 1.54) is 37.8 Å². The maximum atomic E-state index is 3.34. The van der Waals surface area contributed by atoms with Gasteiger partial charge in [0.25, 0.3) is 0 Å². The van der Waals surface area contributed by atoms with Crippen molar-refractivity contribution in [2.75, 3.05) is 7.05 Å². The lowest BCUT2D eigenvalue weighted by Crippen LogP contribution is -2.14. The Bertz CT molecular complexity index is 274. The molecule has 0 spiro atoms. The van der Waals surface area contributed by atoms with Crippen LogP contribution in [0.5, 0.6) is 0 Å². The van der Waals surface area contributed by atoms with E-state index >= 15 is 0 Å². The van der Waals surface area contributed by atoms with Gasteiger partial charge < -0.3 is 9.88 Å². The molecule has 1 unspecified atom stereocenters. The highest BCUT2D eigenvalue weighted by Crippen LogP contribution is 2.16. The van der Waals surface area contributed by atoms with Gasteiger partial charge in [-0.15, -0.1) is 0 Å². The molecule has 0 aliphatic rings. The van der Waals surface area contributed by atoms with Crippen LogP contribution in [-0.2, 0) is 6.54 Å². The van der Waals surface area contributed by atoms with Crippen molar-refractivity contribution in [1.29, 1.82) is 0 Å². The Hall–Kier alpha value is -0.760. The van der Waals surface area contributed by atoms with Gasteiger partial charge in [0, 0.05) is 25.0 Å². The third kappa shape index (κ3) is 4.01. The van der Waals surface area contributed by atoms with E-state index in [9.17, 15) is 0 Å². The van der Waals surface area contributed by atoms with Crippen molar-refractivity contribution in [1.82, 2.24) is 9.88 Å². The van der Waals surface area contributed by atoms with Gasteiger partial charge in [-0.3, -0.25) is 0 Å². The molecule has 2 heteroatoms. The largest absolute Gasteiger partial charge is 0.354 e. The molecule has 0 amide bonds. The predicted molar refractivity (Wildman–Crippen MR) is 70.7 cm³/mol. The summed E-state index contributed by atoms with van der Waals surface area (Å²) in [4.78, 5) is 0. The average molecular weight is 222 g/mol. The molecule has 1 atom stereocenters. The Labute approximate surface area is 100 Å². The number of nitrogens with zero attached hydrogens (tertiary/aromatic N) is 1. The molecule has 0 aromatic carbocycles. The minimum absolute atomic E-state index is 0.511. The molecular formula is C14H26N2. The summed E-state index contributed by atoms with van der Waals surface area (Å²) < 4.78 is 2.32. The van der Waals surface area contributed by atoms with E-state index in [-0.39, 0.29) is 0 Å². The maximum absolute atomic E-state index is 3.34. The van der Waals surface area contributed by atoms with Gasteiger partial charge >= 0.3 is 0 Å². The molecule has 0 radical (unpaired) electrons. The highest BCUT2D eigenvalue weighted by atomic mass is 14.9. The number of rotatable bonds is 8. The highest BCUT2D eigenvalue weighted by Gasteiger charge is 2.07. The summed E-state index contributed by atoms with van der Waals surface area (Å²) >= 11 is 0. The SMILES string of the molecule is CCCCCCn1ccc(C(CC)NC)c1. The van der Waals surface area contributed by atoms with E-state index in [1.54, 1.807) is 0 Å². The number of aryl methyl sites for hydroxylation is 1. The molecule has 16 heavy (non-hydrogen) atoms. The second-order valence-corrected chi connectivity index (χ2v) is 4.49. The molecular weight excluding hydrogens is 196 g/mol. The molecule has 1 heterocycles. The normalized spacial score (nSPS) is 12.9. The number of unbranched alkanes of at least 4 members (excludes halogenated alkanes) is 3. The summed E-state index contributed by atoms with van der Waals surface area (Å²) in [7, 11) is 2.03. The van der Waals surface area contributed by atoms with Crippen LogP contribution in [0.4, 0.5) is 0 Å². The van der Waals surface area contributed by atoms with Gasteiger partial charge in [0.05, 0.1) is 0 Å². The highest BCUT2D eigenvalue weighted by molar-refractivity contribution is 5.15. The fourth-order valence-corrected chi connectivity index (χ4v) is 2.13. The lowest BCUT2D eigenvalue weighted by atomic mass is 10.1. The van der Waals surface area contributed by atoms with Crippen molar-refractivity contribution in [3.8, 4) is 0 Å². The number of nitrogens with one attached hydrogen (secondary N) is 1. The van der Waals surface area contributed by atoms with Crippen molar-refractivity contribution in [3.05, 3.63) is 24.0 Å². The van der Waals surface area contributed by atoms with Crippen LogP contribution in [0.25, 0.3) is 0 Å². The van der Waals surface area contributed by atoms with Crippen molar-refractivity contribution >= 4 is 0 Å². The monoisotopic (exact) mass is 222 g/mol. The van der Waals surface area contributed by atoms with Crippen molar-refractivity contribution in [2.24, 2.45) is 0 Å². The summed E-state index contributed by atoms with van der Waals surface area (Å²) in [6, 6.07) is 2.75. The Kier molecular flexibility index (Phi) is 6.24. The molecule has 0 aliphatic carbocycles. The zero-order chi connectivity index (χ0) is 11.8. The van der Waals surface area contributed by atoms with Crippen LogP contribution in [0.3, 0.4) is 0 Å². The second-order valence-electron chi connectivity index (χ2n) is 4.49. The Morgan fingerprint density at radius 2 is 2.06 bits per heavy atom. The van der Waals surface area contributed by atoms with Crippen LogP contribution in [0.1, 0.15) is 57.6 Å². The van der Waals surface area contributed by atoms with E-state index < -0.39 is 0 Å². The quantitative estimate of drug-likeness (QED) is 0.663. The number of hydrogen-bond donors (Lipinski definition) is 1. The number of aromatic nitrogens is 1. The smallest absolute Gasteiger partial charge is 0.0329 e. The van der Waals surface area contributed by atoms with E-state index in [1.807, 2.05) is 7.05 Å². The van der Waals surface area contributed by atoms with Gasteiger partial charge in [0.2, 0.25) is 0 Å². The van der Waals surface area contributed by atoms with E-state index in [0.29, 0.717) is 6.04 Å². The zero-order valence-corrected chi connectivity index (χ0v) is 11.0. The Balaban J connectivity index is 2.38. The summed E-state index contributed by atoms with van der Waals surface area (Å²) in [6.07, 6.45) is 11.0. The summed E-state index contributed by atoms with van der Waals surface area (Å²) in [5.41, 5.74) is 1.42. The first-order valence-electron chi connectivity index (χ1n) is 6.64. The fraction of sp³-hybridized carbons (Fsp3) is 0.714. The van der Waals surface area contributed by atoms with E-state index in [4.69, 9.17) is 0 Å². The second kappa shape index (κ2) is 7.50. The van der Waals surface area contributed by atoms with Crippen LogP contribution in [0.2, 0.25) is 0 Å². The zero-order valence-electron chi connectivity index (χ0n) is 11.0. The minimum atomic E-state index is 0.511. The van der Waals surface area contributed by atoms with Gasteiger partial charge in [-0.25, -0.2) is 0 Å². The standard InChI is InChI=1S/C14H26N2/c1-4-6-7-8-10-16-11-9-13(12-16)14(5-2)15-3/h9,11-12,14-15H,4-8,10H2,1-3H3. The van der Waals surface area contributed by atoms with Crippen LogP contribution < -0.4 is 5.32 Å². The lowest BCUT2D eigenvalue weighted by Gasteiger charge is -2.11. The predicted octanol–water partition coefficient (Wildman–Crippen LogP) is 3.74. The molecule has 1 aromatic rings. The van der Waals surface area contributed by atoms with Crippen molar-refractivity contribution in [2.45, 2.75) is 58.5 Å². The average Bonchev–Trinajstić information content (AvgIpc) is 2.75. The van der Waals surface area contributed by atoms with Gasteiger partial charge in [-0.1, -0.05) is 33.1 Å². The number of hydrogen-bond acceptors (Lipinski definition) is 1. The van der Waals surface area contributed by atoms with E-state index in [2.05, 4.69) is 42.2 Å². The Morgan fingerprint density at radius 1 is 1.25 bits per heavy atom. The molecule has 1 aromatic heterocycles. The first-order chi connectivity index (χ1) is 7.81. The molecule has 0 fully saturated rings. The molecule has 2 nitrogen and oxygen atoms in total. The summed E-state index contributed by atoms with van der Waals surface area (Å²) in [5, 5.41) is 3.34. The van der Waals surface area contributed by atoms with Crippen LogP contribution in [-0.4, -0.2) is 11.6 Å². The summed E-state index contributed by atoms with van der Waals surface area (Å²) in [6.45, 7) is 5.65.